The number of nitrogens with one attached hydrogen (secondary N) is 2. The fraction of sp³-hybridized carbons (Fsp3) is 0. The summed E-state index contributed by atoms with van der Waals surface area (Å²) in [5.41, 5.74) is 3.94. The minimum atomic E-state index is -0.579. The number of carbonyl (C=O) groups is 1. The molecule has 24 heavy (non-hydrogen) atoms. The number of nitrogens with zero attached hydrogens (tertiary/aromatic N) is 2. The lowest BCUT2D eigenvalue weighted by Gasteiger charge is -1.99. The molecule has 8 heteroatoms. The number of carbonyl (C=O) groups excluding carboxylic acids is 1. The van der Waals surface area contributed by atoms with Gasteiger partial charge in [0.15, 0.2) is 0 Å². The van der Waals surface area contributed by atoms with Crippen molar-refractivity contribution >= 4 is 40.3 Å². The average Bonchev–Trinajstić information content (AvgIpc) is 3.00. The smallest absolute Gasteiger partial charge is 0.288 e. The second kappa shape index (κ2) is 6.51. The number of nitro benzene ring substituents is 1. The molecule has 120 valence electrons. The van der Waals surface area contributed by atoms with Gasteiger partial charge in [-0.15, -0.1) is 0 Å². The lowest BCUT2D eigenvalue weighted by atomic mass is 10.2. The quantitative estimate of drug-likeness (QED) is 0.431. The standard InChI is InChI=1S/C16H11ClN4O3/c17-13-6-5-10(7-15(13)21(23)24)8-19-20-16(22)12-9-18-14-4-2-1-3-11(12)14/h1-9,18H,(H,20,22)/b19-8+. The maximum absolute atomic E-state index is 12.2. The van der Waals surface area contributed by atoms with Crippen LogP contribution in [0.5, 0.6) is 0 Å². The molecule has 3 aromatic rings. The van der Waals surface area contributed by atoms with Crippen LogP contribution in [0.3, 0.4) is 0 Å². The van der Waals surface area contributed by atoms with E-state index in [2.05, 4.69) is 15.5 Å². The number of halogens is 1. The largest absolute Gasteiger partial charge is 0.360 e. The van der Waals surface area contributed by atoms with Gasteiger partial charge in [-0.1, -0.05) is 35.9 Å². The molecule has 0 atom stereocenters. The highest BCUT2D eigenvalue weighted by atomic mass is 35.5. The fourth-order valence-electron chi connectivity index (χ4n) is 2.23. The highest BCUT2D eigenvalue weighted by Gasteiger charge is 2.12. The van der Waals surface area contributed by atoms with Crippen molar-refractivity contribution in [2.45, 2.75) is 0 Å². The van der Waals surface area contributed by atoms with Gasteiger partial charge in [-0.05, 0) is 12.1 Å². The van der Waals surface area contributed by atoms with Gasteiger partial charge in [0.05, 0.1) is 16.7 Å². The number of fused-ring (bicyclic) bond motifs is 1. The molecule has 0 aliphatic rings. The van der Waals surface area contributed by atoms with Crippen LogP contribution in [-0.2, 0) is 0 Å². The number of aromatic amines is 1. The Balaban J connectivity index is 1.76. The predicted molar refractivity (Wildman–Crippen MR) is 91.5 cm³/mol. The van der Waals surface area contributed by atoms with Crippen molar-refractivity contribution in [3.63, 3.8) is 0 Å². The molecule has 0 saturated carbocycles. The van der Waals surface area contributed by atoms with Gasteiger partial charge < -0.3 is 4.98 Å². The van der Waals surface area contributed by atoms with Crippen LogP contribution in [0.1, 0.15) is 15.9 Å². The summed E-state index contributed by atoms with van der Waals surface area (Å²) < 4.78 is 0. The Labute approximate surface area is 141 Å². The van der Waals surface area contributed by atoms with Crippen molar-refractivity contribution in [2.75, 3.05) is 0 Å². The van der Waals surface area contributed by atoms with Gasteiger partial charge in [0, 0.05) is 28.7 Å². The summed E-state index contributed by atoms with van der Waals surface area (Å²) in [7, 11) is 0. The van der Waals surface area contributed by atoms with E-state index in [1.807, 2.05) is 24.3 Å². The Morgan fingerprint density at radius 2 is 2.08 bits per heavy atom. The number of hydrazone groups is 1. The van der Waals surface area contributed by atoms with Crippen LogP contribution in [0.2, 0.25) is 5.02 Å². The number of hydrogen-bond donors (Lipinski definition) is 2. The summed E-state index contributed by atoms with van der Waals surface area (Å²) in [5.74, 6) is -0.382. The molecule has 1 aromatic heterocycles. The first-order valence-electron chi connectivity index (χ1n) is 6.90. The van der Waals surface area contributed by atoms with Crippen molar-refractivity contribution in [3.8, 4) is 0 Å². The third-order valence-electron chi connectivity index (χ3n) is 3.38. The van der Waals surface area contributed by atoms with Crippen molar-refractivity contribution in [1.82, 2.24) is 10.4 Å². The van der Waals surface area contributed by atoms with E-state index in [0.29, 0.717) is 11.1 Å². The van der Waals surface area contributed by atoms with Gasteiger partial charge in [-0.3, -0.25) is 14.9 Å². The van der Waals surface area contributed by atoms with E-state index in [0.717, 1.165) is 10.9 Å². The van der Waals surface area contributed by atoms with E-state index in [1.165, 1.54) is 18.3 Å². The molecule has 2 aromatic carbocycles. The fourth-order valence-corrected chi connectivity index (χ4v) is 2.42. The van der Waals surface area contributed by atoms with Crippen molar-refractivity contribution in [1.29, 1.82) is 0 Å². The number of hydrogen-bond acceptors (Lipinski definition) is 4. The number of rotatable bonds is 4. The van der Waals surface area contributed by atoms with E-state index in [-0.39, 0.29) is 16.6 Å². The minimum Gasteiger partial charge on any atom is -0.360 e. The summed E-state index contributed by atoms with van der Waals surface area (Å²) in [5, 5.41) is 15.5. The van der Waals surface area contributed by atoms with E-state index in [1.54, 1.807) is 12.3 Å². The Bertz CT molecular complexity index is 965. The molecule has 1 heterocycles. The average molecular weight is 343 g/mol. The third kappa shape index (κ3) is 3.11. The SMILES string of the molecule is O=C(N/N=C/c1ccc(Cl)c([N+](=O)[O-])c1)c1c[nH]c2ccccc12. The molecular formula is C16H11ClN4O3. The van der Waals surface area contributed by atoms with Crippen LogP contribution in [0.4, 0.5) is 5.69 Å². The molecular weight excluding hydrogens is 332 g/mol. The molecule has 0 spiro atoms. The van der Waals surface area contributed by atoms with Gasteiger partial charge >= 0.3 is 0 Å². The van der Waals surface area contributed by atoms with E-state index in [9.17, 15) is 14.9 Å². The van der Waals surface area contributed by atoms with E-state index in [4.69, 9.17) is 11.6 Å². The molecule has 3 rings (SSSR count). The van der Waals surface area contributed by atoms with Crippen molar-refractivity contribution in [3.05, 3.63) is 74.9 Å². The van der Waals surface area contributed by atoms with Gasteiger partial charge in [-0.25, -0.2) is 5.43 Å². The van der Waals surface area contributed by atoms with Gasteiger partial charge in [0.1, 0.15) is 5.02 Å². The van der Waals surface area contributed by atoms with Crippen LogP contribution in [0.15, 0.2) is 53.8 Å². The molecule has 0 saturated heterocycles. The van der Waals surface area contributed by atoms with Crippen LogP contribution < -0.4 is 5.43 Å². The Kier molecular flexibility index (Phi) is 4.26. The zero-order chi connectivity index (χ0) is 17.1. The molecule has 0 bridgehead atoms. The summed E-state index contributed by atoms with van der Waals surface area (Å²) in [4.78, 5) is 25.4. The lowest BCUT2D eigenvalue weighted by molar-refractivity contribution is -0.384. The number of benzene rings is 2. The molecule has 7 nitrogen and oxygen atoms in total. The maximum Gasteiger partial charge on any atom is 0.288 e. The second-order valence-electron chi connectivity index (χ2n) is 4.92. The Morgan fingerprint density at radius 3 is 2.88 bits per heavy atom. The van der Waals surface area contributed by atoms with Crippen molar-refractivity contribution < 1.29 is 9.72 Å². The van der Waals surface area contributed by atoms with Gasteiger partial charge in [0.2, 0.25) is 0 Å². The first-order chi connectivity index (χ1) is 11.6. The van der Waals surface area contributed by atoms with Crippen LogP contribution in [0.25, 0.3) is 10.9 Å². The maximum atomic E-state index is 12.2. The number of H-pyrrole nitrogens is 1. The van der Waals surface area contributed by atoms with Crippen LogP contribution in [0, 0.1) is 10.1 Å². The molecule has 0 aliphatic carbocycles. The van der Waals surface area contributed by atoms with Crippen LogP contribution in [-0.4, -0.2) is 22.0 Å². The number of para-hydroxylation sites is 1. The minimum absolute atomic E-state index is 0.0416. The highest BCUT2D eigenvalue weighted by molar-refractivity contribution is 6.32. The lowest BCUT2D eigenvalue weighted by Crippen LogP contribution is -2.17. The summed E-state index contributed by atoms with van der Waals surface area (Å²) in [6.45, 7) is 0. The molecule has 0 radical (unpaired) electrons. The number of aromatic nitrogens is 1. The summed E-state index contributed by atoms with van der Waals surface area (Å²) >= 11 is 5.74. The summed E-state index contributed by atoms with van der Waals surface area (Å²) in [6.07, 6.45) is 2.92. The van der Waals surface area contributed by atoms with Crippen LogP contribution >= 0.6 is 11.6 Å². The van der Waals surface area contributed by atoms with Gasteiger partial charge in [0.25, 0.3) is 11.6 Å². The third-order valence-corrected chi connectivity index (χ3v) is 3.70. The number of nitro groups is 1. The van der Waals surface area contributed by atoms with E-state index < -0.39 is 4.92 Å². The zero-order valence-electron chi connectivity index (χ0n) is 12.2. The first-order valence-corrected chi connectivity index (χ1v) is 7.27. The Hall–Kier alpha value is -3.19. The topological polar surface area (TPSA) is 100 Å². The van der Waals surface area contributed by atoms with Gasteiger partial charge in [-0.2, -0.15) is 5.10 Å². The van der Waals surface area contributed by atoms with Crippen molar-refractivity contribution in [2.24, 2.45) is 5.10 Å². The first kappa shape index (κ1) is 15.7. The molecule has 0 aliphatic heterocycles. The normalized spacial score (nSPS) is 11.0. The second-order valence-corrected chi connectivity index (χ2v) is 5.32. The zero-order valence-corrected chi connectivity index (χ0v) is 12.9. The summed E-state index contributed by atoms with van der Waals surface area (Å²) in [6, 6.07) is 11.6. The molecule has 1 amide bonds. The highest BCUT2D eigenvalue weighted by Crippen LogP contribution is 2.24. The predicted octanol–water partition coefficient (Wildman–Crippen LogP) is 3.49. The molecule has 0 fully saturated rings. The number of amides is 1. The van der Waals surface area contributed by atoms with E-state index >= 15 is 0 Å². The monoisotopic (exact) mass is 342 g/mol. The Morgan fingerprint density at radius 1 is 1.29 bits per heavy atom. The molecule has 2 N–H and O–H groups in total. The molecule has 0 unspecified atom stereocenters.